The van der Waals surface area contributed by atoms with Crippen molar-refractivity contribution in [1.29, 1.82) is 0 Å². The van der Waals surface area contributed by atoms with Gasteiger partial charge in [-0.2, -0.15) is 0 Å². The van der Waals surface area contributed by atoms with Crippen molar-refractivity contribution in [3.8, 4) is 0 Å². The van der Waals surface area contributed by atoms with Gasteiger partial charge in [-0.05, 0) is 29.7 Å². The Morgan fingerprint density at radius 3 is 2.26 bits per heavy atom. The highest BCUT2D eigenvalue weighted by atomic mass is 32.2. The zero-order valence-electron chi connectivity index (χ0n) is 10.7. The van der Waals surface area contributed by atoms with Gasteiger partial charge in [-0.1, -0.05) is 42.5 Å². The zero-order valence-corrected chi connectivity index (χ0v) is 11.5. The predicted octanol–water partition coefficient (Wildman–Crippen LogP) is 3.05. The SMILES string of the molecule is OCCc1ccccc1[C@@H](CO)Sc1ccccc1. The summed E-state index contributed by atoms with van der Waals surface area (Å²) < 4.78 is 0. The normalized spacial score (nSPS) is 12.3. The lowest BCUT2D eigenvalue weighted by Crippen LogP contribution is -2.05. The van der Waals surface area contributed by atoms with E-state index in [1.807, 2.05) is 54.6 Å². The van der Waals surface area contributed by atoms with Gasteiger partial charge in [-0.25, -0.2) is 0 Å². The molecule has 19 heavy (non-hydrogen) atoms. The van der Waals surface area contributed by atoms with Crippen LogP contribution in [0.2, 0.25) is 0 Å². The smallest absolute Gasteiger partial charge is 0.0594 e. The van der Waals surface area contributed by atoms with E-state index < -0.39 is 0 Å². The largest absolute Gasteiger partial charge is 0.396 e. The first-order valence-electron chi connectivity index (χ1n) is 6.36. The van der Waals surface area contributed by atoms with E-state index in [0.717, 1.165) is 16.0 Å². The van der Waals surface area contributed by atoms with Crippen LogP contribution in [0.4, 0.5) is 0 Å². The maximum absolute atomic E-state index is 9.65. The highest BCUT2D eigenvalue weighted by Gasteiger charge is 2.15. The van der Waals surface area contributed by atoms with Crippen LogP contribution in [0, 0.1) is 0 Å². The second-order valence-corrected chi connectivity index (χ2v) is 5.55. The van der Waals surface area contributed by atoms with Gasteiger partial charge in [0, 0.05) is 11.5 Å². The topological polar surface area (TPSA) is 40.5 Å². The van der Waals surface area contributed by atoms with E-state index in [0.29, 0.717) is 6.42 Å². The first kappa shape index (κ1) is 14.1. The number of aliphatic hydroxyl groups is 2. The molecule has 0 spiro atoms. The molecule has 0 aliphatic carbocycles. The molecule has 0 bridgehead atoms. The van der Waals surface area contributed by atoms with Crippen molar-refractivity contribution in [3.63, 3.8) is 0 Å². The molecule has 100 valence electrons. The number of hydrogen-bond acceptors (Lipinski definition) is 3. The molecule has 2 N–H and O–H groups in total. The van der Waals surface area contributed by atoms with E-state index in [-0.39, 0.29) is 18.5 Å². The Morgan fingerprint density at radius 1 is 0.895 bits per heavy atom. The number of rotatable bonds is 6. The Balaban J connectivity index is 2.22. The van der Waals surface area contributed by atoms with Crippen LogP contribution in [-0.2, 0) is 6.42 Å². The van der Waals surface area contributed by atoms with Crippen molar-refractivity contribution >= 4 is 11.8 Å². The maximum Gasteiger partial charge on any atom is 0.0594 e. The van der Waals surface area contributed by atoms with Crippen molar-refractivity contribution < 1.29 is 10.2 Å². The quantitative estimate of drug-likeness (QED) is 0.795. The number of hydrogen-bond donors (Lipinski definition) is 2. The van der Waals surface area contributed by atoms with Gasteiger partial charge in [-0.3, -0.25) is 0 Å². The lowest BCUT2D eigenvalue weighted by molar-refractivity contribution is 0.291. The Hall–Kier alpha value is -1.29. The molecule has 2 nitrogen and oxygen atoms in total. The summed E-state index contributed by atoms with van der Waals surface area (Å²) in [6.07, 6.45) is 0.627. The van der Waals surface area contributed by atoms with E-state index in [9.17, 15) is 5.11 Å². The van der Waals surface area contributed by atoms with E-state index >= 15 is 0 Å². The van der Waals surface area contributed by atoms with E-state index in [1.165, 1.54) is 0 Å². The van der Waals surface area contributed by atoms with Crippen molar-refractivity contribution in [1.82, 2.24) is 0 Å². The van der Waals surface area contributed by atoms with E-state index in [4.69, 9.17) is 5.11 Å². The molecule has 0 radical (unpaired) electrons. The molecule has 2 aromatic carbocycles. The Kier molecular flexibility index (Phi) is 5.45. The Bertz CT molecular complexity index is 499. The molecule has 0 aliphatic rings. The van der Waals surface area contributed by atoms with Crippen LogP contribution < -0.4 is 0 Å². The van der Waals surface area contributed by atoms with Gasteiger partial charge in [0.05, 0.1) is 11.9 Å². The van der Waals surface area contributed by atoms with Gasteiger partial charge < -0.3 is 10.2 Å². The molecular formula is C16H18O2S. The number of benzene rings is 2. The molecule has 2 aromatic rings. The number of aliphatic hydroxyl groups excluding tert-OH is 2. The fourth-order valence-electron chi connectivity index (χ4n) is 2.06. The average molecular weight is 274 g/mol. The summed E-state index contributed by atoms with van der Waals surface area (Å²) in [6.45, 7) is 0.215. The fourth-order valence-corrected chi connectivity index (χ4v) is 3.13. The molecule has 1 atom stereocenters. The molecule has 0 saturated carbocycles. The van der Waals surface area contributed by atoms with E-state index in [2.05, 4.69) is 0 Å². The standard InChI is InChI=1S/C16H18O2S/c17-11-10-13-6-4-5-9-15(13)16(12-18)19-14-7-2-1-3-8-14/h1-9,16-18H,10-12H2/t16-/m1/s1. The molecule has 0 aromatic heterocycles. The fraction of sp³-hybridized carbons (Fsp3) is 0.250. The molecular weight excluding hydrogens is 256 g/mol. The summed E-state index contributed by atoms with van der Waals surface area (Å²) in [5, 5.41) is 18.8. The third-order valence-electron chi connectivity index (χ3n) is 2.97. The van der Waals surface area contributed by atoms with Gasteiger partial charge >= 0.3 is 0 Å². The van der Waals surface area contributed by atoms with Gasteiger partial charge in [0.1, 0.15) is 0 Å². The van der Waals surface area contributed by atoms with Crippen molar-refractivity contribution in [3.05, 3.63) is 65.7 Å². The van der Waals surface area contributed by atoms with Crippen LogP contribution in [0.3, 0.4) is 0 Å². The summed E-state index contributed by atoms with van der Waals surface area (Å²) >= 11 is 1.65. The molecule has 3 heteroatoms. The molecule has 0 unspecified atom stereocenters. The summed E-state index contributed by atoms with van der Waals surface area (Å²) in [5.74, 6) is 0. The van der Waals surface area contributed by atoms with E-state index in [1.54, 1.807) is 11.8 Å². The van der Waals surface area contributed by atoms with Crippen LogP contribution in [0.15, 0.2) is 59.5 Å². The Morgan fingerprint density at radius 2 is 1.58 bits per heavy atom. The van der Waals surface area contributed by atoms with Gasteiger partial charge in [0.25, 0.3) is 0 Å². The zero-order chi connectivity index (χ0) is 13.5. The second kappa shape index (κ2) is 7.34. The summed E-state index contributed by atoms with van der Waals surface area (Å²) in [7, 11) is 0. The highest BCUT2D eigenvalue weighted by Crippen LogP contribution is 2.36. The predicted molar refractivity (Wildman–Crippen MR) is 79.4 cm³/mol. The average Bonchev–Trinajstić information content (AvgIpc) is 2.47. The molecule has 0 aliphatic heterocycles. The van der Waals surface area contributed by atoms with Crippen LogP contribution in [-0.4, -0.2) is 23.4 Å². The Labute approximate surface area is 118 Å². The molecule has 0 heterocycles. The van der Waals surface area contributed by atoms with Crippen LogP contribution >= 0.6 is 11.8 Å². The van der Waals surface area contributed by atoms with Crippen LogP contribution in [0.25, 0.3) is 0 Å². The monoisotopic (exact) mass is 274 g/mol. The number of thioether (sulfide) groups is 1. The van der Waals surface area contributed by atoms with Crippen LogP contribution in [0.5, 0.6) is 0 Å². The molecule has 2 rings (SSSR count). The van der Waals surface area contributed by atoms with Crippen molar-refractivity contribution in [2.45, 2.75) is 16.6 Å². The second-order valence-electron chi connectivity index (χ2n) is 4.27. The minimum absolute atomic E-state index is 0.00477. The molecule has 0 fully saturated rings. The van der Waals surface area contributed by atoms with Gasteiger partial charge in [0.15, 0.2) is 0 Å². The third kappa shape index (κ3) is 3.83. The summed E-state index contributed by atoms with van der Waals surface area (Å²) in [5.41, 5.74) is 2.21. The van der Waals surface area contributed by atoms with Crippen molar-refractivity contribution in [2.75, 3.05) is 13.2 Å². The summed E-state index contributed by atoms with van der Waals surface area (Å²) in [4.78, 5) is 1.14. The third-order valence-corrected chi connectivity index (χ3v) is 4.20. The first-order valence-corrected chi connectivity index (χ1v) is 7.24. The maximum atomic E-state index is 9.65. The van der Waals surface area contributed by atoms with Gasteiger partial charge in [-0.15, -0.1) is 11.8 Å². The lowest BCUT2D eigenvalue weighted by atomic mass is 10.0. The lowest BCUT2D eigenvalue weighted by Gasteiger charge is -2.18. The summed E-state index contributed by atoms with van der Waals surface area (Å²) in [6, 6.07) is 18.1. The van der Waals surface area contributed by atoms with Crippen molar-refractivity contribution in [2.24, 2.45) is 0 Å². The minimum atomic E-state index is 0.00477. The minimum Gasteiger partial charge on any atom is -0.396 e. The first-order chi connectivity index (χ1) is 9.35. The molecule has 0 saturated heterocycles. The van der Waals surface area contributed by atoms with Gasteiger partial charge in [0.2, 0.25) is 0 Å². The molecule has 0 amide bonds. The highest BCUT2D eigenvalue weighted by molar-refractivity contribution is 7.99. The van der Waals surface area contributed by atoms with Crippen LogP contribution in [0.1, 0.15) is 16.4 Å².